The fourth-order valence-electron chi connectivity index (χ4n) is 1.97. The number of benzene rings is 1. The molecule has 0 unspecified atom stereocenters. The first-order valence-corrected chi connectivity index (χ1v) is 6.81. The van der Waals surface area contributed by atoms with E-state index >= 15 is 0 Å². The van der Waals surface area contributed by atoms with Gasteiger partial charge in [0.2, 0.25) is 0 Å². The number of aromatic nitrogens is 3. The highest BCUT2D eigenvalue weighted by atomic mass is 35.5. The predicted molar refractivity (Wildman–Crippen MR) is 82.9 cm³/mol. The average Bonchev–Trinajstić information content (AvgIpc) is 2.84. The van der Waals surface area contributed by atoms with Crippen molar-refractivity contribution in [3.05, 3.63) is 58.7 Å². The van der Waals surface area contributed by atoms with Crippen molar-refractivity contribution in [2.75, 3.05) is 7.11 Å². The molecule has 0 N–H and O–H groups in total. The molecule has 0 radical (unpaired) electrons. The third-order valence-electron chi connectivity index (χ3n) is 2.92. The highest BCUT2D eigenvalue weighted by Gasteiger charge is 2.15. The zero-order valence-corrected chi connectivity index (χ0v) is 12.5. The van der Waals surface area contributed by atoms with E-state index in [0.717, 1.165) is 16.5 Å². The molecule has 21 heavy (non-hydrogen) atoms. The topological polar surface area (TPSA) is 52.3 Å². The van der Waals surface area contributed by atoms with Crippen LogP contribution in [0, 0.1) is 0 Å². The number of imidazole rings is 1. The predicted octanol–water partition coefficient (Wildman–Crippen LogP) is 3.59. The molecule has 0 spiro atoms. The summed E-state index contributed by atoms with van der Waals surface area (Å²) in [7, 11) is 1.46. The zero-order chi connectivity index (χ0) is 14.8. The van der Waals surface area contributed by atoms with Crippen molar-refractivity contribution in [3.63, 3.8) is 0 Å². The number of hydrogen-bond acceptors (Lipinski definition) is 4. The van der Waals surface area contributed by atoms with Crippen LogP contribution in [0.5, 0.6) is 0 Å². The Kier molecular flexibility index (Phi) is 3.77. The van der Waals surface area contributed by atoms with Gasteiger partial charge in [-0.05, 0) is 12.1 Å². The summed E-state index contributed by atoms with van der Waals surface area (Å²) in [6.07, 6.45) is 3.18. The molecule has 0 amide bonds. The Morgan fingerprint density at radius 2 is 2.05 bits per heavy atom. The van der Waals surface area contributed by atoms with Crippen molar-refractivity contribution in [1.29, 1.82) is 0 Å². The van der Waals surface area contributed by atoms with Crippen molar-refractivity contribution in [2.24, 2.45) is 5.16 Å². The quantitative estimate of drug-likeness (QED) is 0.412. The number of fused-ring (bicyclic) bond motifs is 1. The third kappa shape index (κ3) is 2.57. The normalized spacial score (nSPS) is 11.9. The van der Waals surface area contributed by atoms with Gasteiger partial charge in [0.15, 0.2) is 16.1 Å². The number of para-hydroxylation sites is 1. The lowest BCUT2D eigenvalue weighted by atomic mass is 10.1. The van der Waals surface area contributed by atoms with Gasteiger partial charge in [-0.1, -0.05) is 46.6 Å². The molecule has 2 heterocycles. The number of halogens is 2. The number of oxime groups is 1. The van der Waals surface area contributed by atoms with Crippen LogP contribution in [0.4, 0.5) is 0 Å². The highest BCUT2D eigenvalue weighted by molar-refractivity contribution is 6.41. The first-order chi connectivity index (χ1) is 10.2. The second-order valence-corrected chi connectivity index (χ2v) is 4.93. The Bertz CT molecular complexity index is 829. The number of pyridine rings is 1. The fourth-order valence-corrected chi connectivity index (χ4v) is 2.28. The van der Waals surface area contributed by atoms with Crippen molar-refractivity contribution in [2.45, 2.75) is 0 Å². The third-order valence-corrected chi connectivity index (χ3v) is 3.66. The van der Waals surface area contributed by atoms with E-state index in [2.05, 4.69) is 15.1 Å². The summed E-state index contributed by atoms with van der Waals surface area (Å²) in [5, 5.41) is 5.46. The van der Waals surface area contributed by atoms with Crippen LogP contribution in [-0.2, 0) is 4.84 Å². The molecular weight excluding hydrogens is 311 g/mol. The first kappa shape index (κ1) is 13.9. The Morgan fingerprint density at radius 3 is 2.76 bits per heavy atom. The Labute approximate surface area is 130 Å². The van der Waals surface area contributed by atoms with Crippen LogP contribution in [0.15, 0.2) is 48.0 Å². The molecule has 0 aliphatic carbocycles. The molecular formula is C14H10Cl2N4O. The molecule has 0 saturated heterocycles. The van der Waals surface area contributed by atoms with Crippen LogP contribution in [0.2, 0.25) is 10.3 Å². The van der Waals surface area contributed by atoms with Gasteiger partial charge in [-0.2, -0.15) is 0 Å². The van der Waals surface area contributed by atoms with E-state index in [-0.39, 0.29) is 10.3 Å². The molecule has 0 bridgehead atoms. The van der Waals surface area contributed by atoms with E-state index in [4.69, 9.17) is 28.0 Å². The minimum atomic E-state index is 0.203. The van der Waals surface area contributed by atoms with Gasteiger partial charge in [-0.15, -0.1) is 0 Å². The minimum absolute atomic E-state index is 0.203. The largest absolute Gasteiger partial charge is 0.397 e. The molecule has 0 aliphatic rings. The van der Waals surface area contributed by atoms with E-state index in [9.17, 15) is 0 Å². The summed E-state index contributed by atoms with van der Waals surface area (Å²) < 4.78 is 1.54. The molecule has 2 aromatic heterocycles. The molecule has 5 nitrogen and oxygen atoms in total. The lowest BCUT2D eigenvalue weighted by Gasteiger charge is -2.08. The first-order valence-electron chi connectivity index (χ1n) is 6.05. The lowest BCUT2D eigenvalue weighted by Crippen LogP contribution is -2.13. The van der Waals surface area contributed by atoms with Crippen molar-refractivity contribution in [1.82, 2.24) is 14.5 Å². The Hall–Kier alpha value is -2.11. The van der Waals surface area contributed by atoms with Crippen LogP contribution in [0.3, 0.4) is 0 Å². The van der Waals surface area contributed by atoms with E-state index in [1.54, 1.807) is 10.8 Å². The standard InChI is InChI=1S/C14H10Cl2N4O/c1-21-19-14(20-8-18-12(15)13(20)16)10-6-9-4-2-3-5-11(9)17-7-10/h2-8H,1H3. The number of hydrogen-bond donors (Lipinski definition) is 0. The molecule has 0 saturated carbocycles. The molecule has 0 fully saturated rings. The fraction of sp³-hybridized carbons (Fsp3) is 0.0714. The van der Waals surface area contributed by atoms with E-state index in [0.29, 0.717) is 5.84 Å². The summed E-state index contributed by atoms with van der Waals surface area (Å²) in [5.41, 5.74) is 1.64. The number of nitrogens with zero attached hydrogens (tertiary/aromatic N) is 4. The van der Waals surface area contributed by atoms with Crippen LogP contribution < -0.4 is 0 Å². The molecule has 3 rings (SSSR count). The summed E-state index contributed by atoms with van der Waals surface area (Å²) in [6.45, 7) is 0. The Balaban J connectivity index is 2.16. The van der Waals surface area contributed by atoms with Gasteiger partial charge < -0.3 is 4.84 Å². The zero-order valence-electron chi connectivity index (χ0n) is 11.0. The van der Waals surface area contributed by atoms with Gasteiger partial charge in [-0.3, -0.25) is 9.55 Å². The van der Waals surface area contributed by atoms with Crippen LogP contribution >= 0.6 is 23.2 Å². The maximum absolute atomic E-state index is 6.12. The SMILES string of the molecule is CON=C(c1cnc2ccccc2c1)n1cnc(Cl)c1Cl. The van der Waals surface area contributed by atoms with Gasteiger partial charge in [-0.25, -0.2) is 4.98 Å². The summed E-state index contributed by atoms with van der Waals surface area (Å²) >= 11 is 12.0. The smallest absolute Gasteiger partial charge is 0.187 e. The van der Waals surface area contributed by atoms with Crippen LogP contribution in [0.25, 0.3) is 10.9 Å². The molecule has 0 atom stereocenters. The van der Waals surface area contributed by atoms with Gasteiger partial charge in [0.25, 0.3) is 0 Å². The summed E-state index contributed by atoms with van der Waals surface area (Å²) in [4.78, 5) is 13.2. The van der Waals surface area contributed by atoms with Gasteiger partial charge in [0.05, 0.1) is 5.52 Å². The van der Waals surface area contributed by atoms with Crippen molar-refractivity contribution in [3.8, 4) is 0 Å². The van der Waals surface area contributed by atoms with Crippen molar-refractivity contribution < 1.29 is 4.84 Å². The van der Waals surface area contributed by atoms with E-state index in [1.807, 2.05) is 30.3 Å². The molecule has 1 aromatic carbocycles. The van der Waals surface area contributed by atoms with Crippen LogP contribution in [0.1, 0.15) is 5.56 Å². The van der Waals surface area contributed by atoms with Crippen molar-refractivity contribution >= 4 is 39.9 Å². The van der Waals surface area contributed by atoms with Gasteiger partial charge >= 0.3 is 0 Å². The Morgan fingerprint density at radius 1 is 1.24 bits per heavy atom. The maximum atomic E-state index is 6.12. The average molecular weight is 321 g/mol. The number of rotatable bonds is 2. The second-order valence-electron chi connectivity index (χ2n) is 4.21. The minimum Gasteiger partial charge on any atom is -0.397 e. The van der Waals surface area contributed by atoms with E-state index < -0.39 is 0 Å². The molecule has 3 aromatic rings. The second kappa shape index (κ2) is 5.71. The highest BCUT2D eigenvalue weighted by Crippen LogP contribution is 2.22. The maximum Gasteiger partial charge on any atom is 0.187 e. The van der Waals surface area contributed by atoms with Gasteiger partial charge in [0, 0.05) is 17.1 Å². The molecule has 7 heteroatoms. The van der Waals surface area contributed by atoms with Gasteiger partial charge in [0.1, 0.15) is 13.4 Å². The van der Waals surface area contributed by atoms with Crippen LogP contribution in [-0.4, -0.2) is 27.5 Å². The summed E-state index contributed by atoms with van der Waals surface area (Å²) in [6, 6.07) is 9.74. The molecule has 0 aliphatic heterocycles. The monoisotopic (exact) mass is 320 g/mol. The molecule has 106 valence electrons. The lowest BCUT2D eigenvalue weighted by molar-refractivity contribution is 0.212. The summed E-state index contributed by atoms with van der Waals surface area (Å²) in [5.74, 6) is 0.458. The van der Waals surface area contributed by atoms with E-state index in [1.165, 1.54) is 13.4 Å².